The molecule has 0 fully saturated rings. The summed E-state index contributed by atoms with van der Waals surface area (Å²) in [6.45, 7) is 4.87. The van der Waals surface area contributed by atoms with E-state index in [2.05, 4.69) is 0 Å². The maximum absolute atomic E-state index is 13.5. The highest BCUT2D eigenvalue weighted by Gasteiger charge is 2.19. The van der Waals surface area contributed by atoms with E-state index in [0.717, 1.165) is 16.9 Å². The van der Waals surface area contributed by atoms with Crippen molar-refractivity contribution in [3.8, 4) is 5.75 Å². The van der Waals surface area contributed by atoms with Crippen LogP contribution in [0.3, 0.4) is 0 Å². The van der Waals surface area contributed by atoms with Crippen molar-refractivity contribution in [2.45, 2.75) is 33.0 Å². The van der Waals surface area contributed by atoms with E-state index in [0.29, 0.717) is 18.7 Å². The van der Waals surface area contributed by atoms with Gasteiger partial charge in [0.25, 0.3) is 5.91 Å². The van der Waals surface area contributed by atoms with Crippen molar-refractivity contribution < 1.29 is 13.9 Å². The Balaban J connectivity index is 1.65. The molecule has 144 valence electrons. The summed E-state index contributed by atoms with van der Waals surface area (Å²) in [5.41, 5.74) is 2.46. The molecule has 0 radical (unpaired) electrons. The maximum Gasteiger partial charge on any atom is 0.254 e. The highest BCUT2D eigenvalue weighted by atomic mass is 19.1. The Labute approximate surface area is 165 Å². The molecule has 0 aliphatic carbocycles. The molecule has 0 N–H and O–H groups in total. The minimum absolute atomic E-state index is 0.00947. The van der Waals surface area contributed by atoms with Gasteiger partial charge in [-0.2, -0.15) is 0 Å². The van der Waals surface area contributed by atoms with Crippen molar-refractivity contribution in [2.75, 3.05) is 0 Å². The molecular weight excluding hydrogens is 353 g/mol. The van der Waals surface area contributed by atoms with E-state index in [-0.39, 0.29) is 11.9 Å². The third-order valence-corrected chi connectivity index (χ3v) is 4.48. The molecule has 1 amide bonds. The highest BCUT2D eigenvalue weighted by molar-refractivity contribution is 5.94. The predicted molar refractivity (Wildman–Crippen MR) is 109 cm³/mol. The zero-order valence-electron chi connectivity index (χ0n) is 16.1. The molecule has 0 aliphatic rings. The molecule has 28 heavy (non-hydrogen) atoms. The molecule has 0 bridgehead atoms. The van der Waals surface area contributed by atoms with Gasteiger partial charge in [-0.1, -0.05) is 48.5 Å². The lowest BCUT2D eigenvalue weighted by atomic mass is 10.1. The quantitative estimate of drug-likeness (QED) is 0.547. The summed E-state index contributed by atoms with van der Waals surface area (Å²) < 4.78 is 19.3. The second kappa shape index (κ2) is 9.18. The minimum atomic E-state index is -0.408. The number of hydrogen-bond acceptors (Lipinski definition) is 2. The molecule has 4 heteroatoms. The zero-order chi connectivity index (χ0) is 19.9. The summed E-state index contributed by atoms with van der Waals surface area (Å²) in [5, 5.41) is 0. The Morgan fingerprint density at radius 3 is 2.29 bits per heavy atom. The summed E-state index contributed by atoms with van der Waals surface area (Å²) in [6, 6.07) is 23.5. The van der Waals surface area contributed by atoms with Gasteiger partial charge in [-0.15, -0.1) is 0 Å². The van der Waals surface area contributed by atoms with Crippen LogP contribution in [0.15, 0.2) is 78.9 Å². The van der Waals surface area contributed by atoms with Crippen LogP contribution in [0, 0.1) is 5.82 Å². The smallest absolute Gasteiger partial charge is 0.254 e. The first-order valence-electron chi connectivity index (χ1n) is 9.35. The van der Waals surface area contributed by atoms with Gasteiger partial charge in [-0.3, -0.25) is 4.79 Å². The van der Waals surface area contributed by atoms with Crippen LogP contribution >= 0.6 is 0 Å². The molecule has 0 aromatic heterocycles. The summed E-state index contributed by atoms with van der Waals surface area (Å²) in [4.78, 5) is 14.5. The van der Waals surface area contributed by atoms with E-state index in [9.17, 15) is 9.18 Å². The van der Waals surface area contributed by atoms with Crippen LogP contribution in [0.2, 0.25) is 0 Å². The van der Waals surface area contributed by atoms with E-state index < -0.39 is 5.82 Å². The molecule has 0 atom stereocenters. The minimum Gasteiger partial charge on any atom is -0.489 e. The van der Waals surface area contributed by atoms with Crippen molar-refractivity contribution in [2.24, 2.45) is 0 Å². The molecule has 3 aromatic rings. The lowest BCUT2D eigenvalue weighted by Crippen LogP contribution is -2.36. The second-order valence-corrected chi connectivity index (χ2v) is 6.96. The number of amides is 1. The largest absolute Gasteiger partial charge is 0.489 e. The Hall–Kier alpha value is -3.14. The van der Waals surface area contributed by atoms with Gasteiger partial charge in [0.2, 0.25) is 0 Å². The van der Waals surface area contributed by atoms with E-state index >= 15 is 0 Å². The molecule has 3 rings (SSSR count). The summed E-state index contributed by atoms with van der Waals surface area (Å²) in [5.74, 6) is 0.188. The number of rotatable bonds is 7. The van der Waals surface area contributed by atoms with Crippen molar-refractivity contribution in [3.05, 3.63) is 101 Å². The first kappa shape index (κ1) is 19.6. The van der Waals surface area contributed by atoms with Crippen LogP contribution in [0.1, 0.15) is 35.3 Å². The van der Waals surface area contributed by atoms with Crippen molar-refractivity contribution in [1.82, 2.24) is 4.90 Å². The molecule has 0 heterocycles. The van der Waals surface area contributed by atoms with Crippen LogP contribution in [0.25, 0.3) is 0 Å². The monoisotopic (exact) mass is 377 g/mol. The van der Waals surface area contributed by atoms with Crippen LogP contribution in [0.5, 0.6) is 5.75 Å². The Morgan fingerprint density at radius 1 is 0.929 bits per heavy atom. The molecule has 0 unspecified atom stereocenters. The van der Waals surface area contributed by atoms with Gasteiger partial charge >= 0.3 is 0 Å². The number of halogens is 1. The molecule has 0 spiro atoms. The van der Waals surface area contributed by atoms with Crippen molar-refractivity contribution >= 4 is 5.91 Å². The Bertz CT molecular complexity index is 907. The number of hydrogen-bond donors (Lipinski definition) is 0. The fourth-order valence-corrected chi connectivity index (χ4v) is 2.90. The summed E-state index contributed by atoms with van der Waals surface area (Å²) in [7, 11) is 0. The molecular formula is C24H24FNO2. The predicted octanol–water partition coefficient (Wildman–Crippen LogP) is 5.46. The first-order valence-corrected chi connectivity index (χ1v) is 9.35. The standard InChI is InChI=1S/C24H24FNO2/c1-18(2)26(24(27)21-9-6-10-22(25)15-21)16-19-11-13-23(14-12-19)28-17-20-7-4-3-5-8-20/h3-15,18H,16-17H2,1-2H3. The van der Waals surface area contributed by atoms with E-state index in [1.54, 1.807) is 17.0 Å². The molecule has 0 saturated carbocycles. The first-order chi connectivity index (χ1) is 13.5. The molecule has 3 nitrogen and oxygen atoms in total. The topological polar surface area (TPSA) is 29.5 Å². The average Bonchev–Trinajstić information content (AvgIpc) is 2.71. The summed E-state index contributed by atoms with van der Waals surface area (Å²) >= 11 is 0. The van der Waals surface area contributed by atoms with Gasteiger partial charge in [0, 0.05) is 18.2 Å². The van der Waals surface area contributed by atoms with E-state index in [1.165, 1.54) is 12.1 Å². The van der Waals surface area contributed by atoms with E-state index in [4.69, 9.17) is 4.74 Å². The van der Waals surface area contributed by atoms with Crippen LogP contribution < -0.4 is 4.74 Å². The SMILES string of the molecule is CC(C)N(Cc1ccc(OCc2ccccc2)cc1)C(=O)c1cccc(F)c1. The van der Waals surface area contributed by atoms with Gasteiger partial charge in [0.15, 0.2) is 0 Å². The third kappa shape index (κ3) is 5.19. The highest BCUT2D eigenvalue weighted by Crippen LogP contribution is 2.18. The van der Waals surface area contributed by atoms with Gasteiger partial charge in [0.05, 0.1) is 0 Å². The van der Waals surface area contributed by atoms with Gasteiger partial charge in [-0.25, -0.2) is 4.39 Å². The Kier molecular flexibility index (Phi) is 6.43. The molecule has 0 aliphatic heterocycles. The van der Waals surface area contributed by atoms with Gasteiger partial charge in [-0.05, 0) is 55.3 Å². The van der Waals surface area contributed by atoms with Crippen molar-refractivity contribution in [1.29, 1.82) is 0 Å². The average molecular weight is 377 g/mol. The summed E-state index contributed by atoms with van der Waals surface area (Å²) in [6.07, 6.45) is 0. The lowest BCUT2D eigenvalue weighted by Gasteiger charge is -2.27. The van der Waals surface area contributed by atoms with Crippen molar-refractivity contribution in [3.63, 3.8) is 0 Å². The number of carbonyl (C=O) groups excluding carboxylic acids is 1. The second-order valence-electron chi connectivity index (χ2n) is 6.96. The fourth-order valence-electron chi connectivity index (χ4n) is 2.90. The number of benzene rings is 3. The normalized spacial score (nSPS) is 10.7. The van der Waals surface area contributed by atoms with Crippen LogP contribution in [0.4, 0.5) is 4.39 Å². The van der Waals surface area contributed by atoms with Gasteiger partial charge < -0.3 is 9.64 Å². The van der Waals surface area contributed by atoms with E-state index in [1.807, 2.05) is 68.4 Å². The molecule has 3 aromatic carbocycles. The number of nitrogens with zero attached hydrogens (tertiary/aromatic N) is 1. The zero-order valence-corrected chi connectivity index (χ0v) is 16.1. The Morgan fingerprint density at radius 2 is 1.64 bits per heavy atom. The fraction of sp³-hybridized carbons (Fsp3) is 0.208. The van der Waals surface area contributed by atoms with Gasteiger partial charge in [0.1, 0.15) is 18.2 Å². The van der Waals surface area contributed by atoms with Crippen LogP contribution in [-0.4, -0.2) is 16.8 Å². The lowest BCUT2D eigenvalue weighted by molar-refractivity contribution is 0.0690. The molecule has 0 saturated heterocycles. The number of ether oxygens (including phenoxy) is 1. The van der Waals surface area contributed by atoms with Crippen LogP contribution in [-0.2, 0) is 13.2 Å². The maximum atomic E-state index is 13.5. The third-order valence-electron chi connectivity index (χ3n) is 4.48. The number of carbonyl (C=O) groups is 1.